The first-order valence-electron chi connectivity index (χ1n) is 6.97. The molecule has 0 aromatic carbocycles. The maximum Gasteiger partial charge on any atom is 0.417 e. The Kier molecular flexibility index (Phi) is 4.77. The summed E-state index contributed by atoms with van der Waals surface area (Å²) in [5.41, 5.74) is 0. The highest BCUT2D eigenvalue weighted by Gasteiger charge is 2.23. The van der Waals surface area contributed by atoms with E-state index in [4.69, 9.17) is 9.26 Å². The molecule has 2 amide bonds. The minimum absolute atomic E-state index is 0.00872. The summed E-state index contributed by atoms with van der Waals surface area (Å²) in [5.74, 6) is 0.571. The highest BCUT2D eigenvalue weighted by atomic mass is 16.6. The zero-order chi connectivity index (χ0) is 15.4. The van der Waals surface area contributed by atoms with E-state index in [0.717, 1.165) is 0 Å². The second-order valence-corrected chi connectivity index (χ2v) is 5.25. The summed E-state index contributed by atoms with van der Waals surface area (Å²) < 4.78 is 10.1. The average molecular weight is 296 g/mol. The third-order valence-corrected chi connectivity index (χ3v) is 3.34. The number of hydrogen-bond donors (Lipinski definition) is 0. The molecule has 8 heteroatoms. The van der Waals surface area contributed by atoms with Crippen molar-refractivity contribution in [1.82, 2.24) is 19.9 Å². The SMILES string of the molecule is CC(=O)N1CCN(C(=O)COc2nc(C(C)C)no2)CC1. The molecule has 1 fully saturated rings. The molecule has 0 spiro atoms. The first-order valence-corrected chi connectivity index (χ1v) is 6.97. The number of nitrogens with zero attached hydrogens (tertiary/aromatic N) is 4. The van der Waals surface area contributed by atoms with Crippen LogP contribution in [0.4, 0.5) is 0 Å². The van der Waals surface area contributed by atoms with E-state index >= 15 is 0 Å². The van der Waals surface area contributed by atoms with Gasteiger partial charge in [0.1, 0.15) is 0 Å². The fourth-order valence-corrected chi connectivity index (χ4v) is 2.00. The Hall–Kier alpha value is -2.12. The summed E-state index contributed by atoms with van der Waals surface area (Å²) in [4.78, 5) is 30.6. The molecular weight excluding hydrogens is 276 g/mol. The number of piperazine rings is 1. The Bertz CT molecular complexity index is 506. The van der Waals surface area contributed by atoms with Crippen molar-refractivity contribution in [1.29, 1.82) is 0 Å². The minimum atomic E-state index is -0.150. The van der Waals surface area contributed by atoms with Gasteiger partial charge in [-0.05, 0) is 0 Å². The molecule has 1 aliphatic heterocycles. The van der Waals surface area contributed by atoms with Gasteiger partial charge in [0.25, 0.3) is 5.91 Å². The molecule has 1 aromatic heterocycles. The monoisotopic (exact) mass is 296 g/mol. The van der Waals surface area contributed by atoms with Crippen LogP contribution in [-0.4, -0.2) is 64.5 Å². The van der Waals surface area contributed by atoms with Gasteiger partial charge >= 0.3 is 6.08 Å². The minimum Gasteiger partial charge on any atom is -0.439 e. The summed E-state index contributed by atoms with van der Waals surface area (Å²) in [5, 5.41) is 3.76. The molecule has 0 aliphatic carbocycles. The van der Waals surface area contributed by atoms with Gasteiger partial charge in [0, 0.05) is 39.0 Å². The highest BCUT2D eigenvalue weighted by Crippen LogP contribution is 2.14. The molecule has 21 heavy (non-hydrogen) atoms. The average Bonchev–Trinajstić information content (AvgIpc) is 2.94. The van der Waals surface area contributed by atoms with Gasteiger partial charge in [-0.25, -0.2) is 0 Å². The Morgan fingerprint density at radius 3 is 2.38 bits per heavy atom. The van der Waals surface area contributed by atoms with Crippen molar-refractivity contribution in [3.63, 3.8) is 0 Å². The Balaban J connectivity index is 1.78. The van der Waals surface area contributed by atoms with Crippen molar-refractivity contribution in [3.05, 3.63) is 5.82 Å². The molecule has 1 saturated heterocycles. The van der Waals surface area contributed by atoms with E-state index in [1.807, 2.05) is 13.8 Å². The largest absolute Gasteiger partial charge is 0.439 e. The van der Waals surface area contributed by atoms with E-state index in [1.54, 1.807) is 9.80 Å². The lowest BCUT2D eigenvalue weighted by Crippen LogP contribution is -2.51. The van der Waals surface area contributed by atoms with Gasteiger partial charge in [0.2, 0.25) is 5.91 Å². The molecule has 0 unspecified atom stereocenters. The maximum atomic E-state index is 12.0. The van der Waals surface area contributed by atoms with Crippen LogP contribution in [0.15, 0.2) is 4.52 Å². The first kappa shape index (κ1) is 15.3. The standard InChI is InChI=1S/C13H20N4O4/c1-9(2)12-14-13(21-15-12)20-8-11(19)17-6-4-16(5-7-17)10(3)18/h9H,4-8H2,1-3H3. The van der Waals surface area contributed by atoms with Gasteiger partial charge in [-0.1, -0.05) is 19.0 Å². The van der Waals surface area contributed by atoms with Crippen LogP contribution < -0.4 is 4.74 Å². The molecule has 0 N–H and O–H groups in total. The summed E-state index contributed by atoms with van der Waals surface area (Å²) in [7, 11) is 0. The van der Waals surface area contributed by atoms with Gasteiger partial charge < -0.3 is 14.5 Å². The first-order chi connectivity index (χ1) is 9.97. The lowest BCUT2D eigenvalue weighted by Gasteiger charge is -2.33. The number of rotatable bonds is 4. The zero-order valence-corrected chi connectivity index (χ0v) is 12.5. The molecule has 8 nitrogen and oxygen atoms in total. The lowest BCUT2D eigenvalue weighted by atomic mass is 10.2. The molecule has 0 saturated carbocycles. The molecule has 1 aliphatic rings. The molecule has 2 rings (SSSR count). The van der Waals surface area contributed by atoms with E-state index in [2.05, 4.69) is 10.1 Å². The third kappa shape index (κ3) is 3.93. The van der Waals surface area contributed by atoms with Crippen LogP contribution in [0, 0.1) is 0 Å². The van der Waals surface area contributed by atoms with Crippen molar-refractivity contribution in [2.24, 2.45) is 0 Å². The fourth-order valence-electron chi connectivity index (χ4n) is 2.00. The number of carbonyl (C=O) groups excluding carboxylic acids is 2. The summed E-state index contributed by atoms with van der Waals surface area (Å²) in [6.45, 7) is 7.41. The van der Waals surface area contributed by atoms with Crippen LogP contribution in [0.3, 0.4) is 0 Å². The van der Waals surface area contributed by atoms with Gasteiger partial charge in [0.05, 0.1) is 0 Å². The lowest BCUT2D eigenvalue weighted by molar-refractivity contribution is -0.140. The van der Waals surface area contributed by atoms with Crippen LogP contribution in [-0.2, 0) is 9.59 Å². The Morgan fingerprint density at radius 2 is 1.86 bits per heavy atom. The van der Waals surface area contributed by atoms with Crippen molar-refractivity contribution >= 4 is 11.8 Å². The summed E-state index contributed by atoms with van der Waals surface area (Å²) in [6.07, 6.45) is 0.00872. The molecule has 2 heterocycles. The van der Waals surface area contributed by atoms with E-state index in [9.17, 15) is 9.59 Å². The number of hydrogen-bond acceptors (Lipinski definition) is 6. The molecule has 116 valence electrons. The third-order valence-electron chi connectivity index (χ3n) is 3.34. The number of aromatic nitrogens is 2. The normalized spacial score (nSPS) is 15.4. The van der Waals surface area contributed by atoms with Crippen molar-refractivity contribution < 1.29 is 18.8 Å². The highest BCUT2D eigenvalue weighted by molar-refractivity contribution is 5.78. The predicted molar refractivity (Wildman–Crippen MR) is 72.7 cm³/mol. The Morgan fingerprint density at radius 1 is 1.24 bits per heavy atom. The number of amides is 2. The predicted octanol–water partition coefficient (Wildman–Crippen LogP) is 0.262. The van der Waals surface area contributed by atoms with Gasteiger partial charge in [0.15, 0.2) is 12.4 Å². The Labute approximate surface area is 123 Å². The quantitative estimate of drug-likeness (QED) is 0.792. The second-order valence-electron chi connectivity index (χ2n) is 5.25. The van der Waals surface area contributed by atoms with E-state index in [0.29, 0.717) is 32.0 Å². The van der Waals surface area contributed by atoms with Crippen LogP contribution in [0.5, 0.6) is 6.08 Å². The van der Waals surface area contributed by atoms with Crippen molar-refractivity contribution in [3.8, 4) is 6.08 Å². The smallest absolute Gasteiger partial charge is 0.417 e. The molecule has 0 atom stereocenters. The molecular formula is C13H20N4O4. The molecule has 1 aromatic rings. The number of ether oxygens (including phenoxy) is 1. The zero-order valence-electron chi connectivity index (χ0n) is 12.5. The van der Waals surface area contributed by atoms with Crippen LogP contribution in [0.25, 0.3) is 0 Å². The summed E-state index contributed by atoms with van der Waals surface area (Å²) >= 11 is 0. The second kappa shape index (κ2) is 6.55. The maximum absolute atomic E-state index is 12.0. The summed E-state index contributed by atoms with van der Waals surface area (Å²) in [6, 6.07) is 0. The van der Waals surface area contributed by atoms with Gasteiger partial charge in [-0.2, -0.15) is 4.98 Å². The van der Waals surface area contributed by atoms with Crippen molar-refractivity contribution in [2.45, 2.75) is 26.7 Å². The van der Waals surface area contributed by atoms with Gasteiger partial charge in [-0.15, -0.1) is 0 Å². The van der Waals surface area contributed by atoms with E-state index in [1.165, 1.54) is 6.92 Å². The van der Waals surface area contributed by atoms with Crippen LogP contribution in [0.2, 0.25) is 0 Å². The van der Waals surface area contributed by atoms with E-state index in [-0.39, 0.29) is 30.4 Å². The number of carbonyl (C=O) groups is 2. The van der Waals surface area contributed by atoms with Crippen LogP contribution in [0.1, 0.15) is 32.5 Å². The fraction of sp³-hybridized carbons (Fsp3) is 0.692. The van der Waals surface area contributed by atoms with Crippen LogP contribution >= 0.6 is 0 Å². The van der Waals surface area contributed by atoms with Crippen molar-refractivity contribution in [2.75, 3.05) is 32.8 Å². The van der Waals surface area contributed by atoms with E-state index < -0.39 is 0 Å². The van der Waals surface area contributed by atoms with Gasteiger partial charge in [-0.3, -0.25) is 14.1 Å². The topological polar surface area (TPSA) is 88.8 Å². The molecule has 0 radical (unpaired) electrons. The molecule has 0 bridgehead atoms.